The van der Waals surface area contributed by atoms with Crippen molar-refractivity contribution in [2.45, 2.75) is 19.6 Å². The number of carbonyl (C=O) groups excluding carboxylic acids is 1. The first-order chi connectivity index (χ1) is 14.5. The topological polar surface area (TPSA) is 92.1 Å². The minimum atomic E-state index is -0.409. The number of anilines is 1. The summed E-state index contributed by atoms with van der Waals surface area (Å²) in [7, 11) is 0. The van der Waals surface area contributed by atoms with Gasteiger partial charge in [-0.25, -0.2) is 18.9 Å². The summed E-state index contributed by atoms with van der Waals surface area (Å²) >= 11 is 0. The SMILES string of the molecule is C[C@@H](NC(=O)Nc1cc2cnn(-c3ccc(F)cc3)c2c(CO)n1)c1ccccc1. The Morgan fingerprint density at radius 1 is 1.17 bits per heavy atom. The minimum Gasteiger partial charge on any atom is -0.390 e. The third kappa shape index (κ3) is 3.99. The number of fused-ring (bicyclic) bond motifs is 1. The number of halogens is 1. The number of hydrogen-bond acceptors (Lipinski definition) is 4. The molecule has 4 aromatic rings. The van der Waals surface area contributed by atoms with Crippen molar-refractivity contribution in [2.75, 3.05) is 5.32 Å². The summed E-state index contributed by atoms with van der Waals surface area (Å²) in [5.74, 6) is -0.0547. The van der Waals surface area contributed by atoms with Crippen LogP contribution in [0.4, 0.5) is 15.0 Å². The van der Waals surface area contributed by atoms with Crippen molar-refractivity contribution < 1.29 is 14.3 Å². The van der Waals surface area contributed by atoms with Crippen molar-refractivity contribution in [1.29, 1.82) is 0 Å². The highest BCUT2D eigenvalue weighted by Gasteiger charge is 2.15. The number of benzene rings is 2. The second kappa shape index (κ2) is 8.30. The van der Waals surface area contributed by atoms with Crippen LogP contribution in [0.1, 0.15) is 24.2 Å². The van der Waals surface area contributed by atoms with E-state index in [-0.39, 0.29) is 18.5 Å². The molecule has 3 N–H and O–H groups in total. The Labute approximate surface area is 172 Å². The molecule has 0 bridgehead atoms. The highest BCUT2D eigenvalue weighted by Crippen LogP contribution is 2.24. The largest absolute Gasteiger partial charge is 0.390 e. The molecule has 2 amide bonds. The summed E-state index contributed by atoms with van der Waals surface area (Å²) in [6.45, 7) is 1.54. The Kier molecular flexibility index (Phi) is 5.40. The zero-order chi connectivity index (χ0) is 21.1. The Hall–Kier alpha value is -3.78. The van der Waals surface area contributed by atoms with Crippen molar-refractivity contribution in [3.8, 4) is 5.69 Å². The maximum Gasteiger partial charge on any atom is 0.320 e. The van der Waals surface area contributed by atoms with E-state index in [1.807, 2.05) is 37.3 Å². The van der Waals surface area contributed by atoms with Gasteiger partial charge in [0.2, 0.25) is 0 Å². The second-order valence-corrected chi connectivity index (χ2v) is 6.81. The molecule has 0 spiro atoms. The maximum atomic E-state index is 13.2. The van der Waals surface area contributed by atoms with E-state index in [1.165, 1.54) is 12.1 Å². The molecule has 0 unspecified atom stereocenters. The summed E-state index contributed by atoms with van der Waals surface area (Å²) in [5.41, 5.74) is 2.55. The van der Waals surface area contributed by atoms with E-state index >= 15 is 0 Å². The van der Waals surface area contributed by atoms with Crippen molar-refractivity contribution in [2.24, 2.45) is 0 Å². The maximum absolute atomic E-state index is 13.2. The monoisotopic (exact) mass is 405 g/mol. The predicted octanol–water partition coefficient (Wildman–Crippen LogP) is 3.93. The average Bonchev–Trinajstić information content (AvgIpc) is 3.18. The first-order valence-corrected chi connectivity index (χ1v) is 9.42. The fourth-order valence-corrected chi connectivity index (χ4v) is 3.26. The molecule has 2 aromatic carbocycles. The molecule has 0 aliphatic carbocycles. The van der Waals surface area contributed by atoms with Crippen LogP contribution < -0.4 is 10.6 Å². The van der Waals surface area contributed by atoms with Crippen LogP contribution in [-0.2, 0) is 6.61 Å². The standard InChI is InChI=1S/C22H20FN5O2/c1-14(15-5-3-2-4-6-15)25-22(30)27-20-11-16-12-24-28(21(16)19(13-29)26-20)18-9-7-17(23)8-10-18/h2-12,14,29H,13H2,1H3,(H2,25,26,27,30)/t14-/m1/s1. The first kappa shape index (κ1) is 19.5. The van der Waals surface area contributed by atoms with E-state index in [0.29, 0.717) is 28.1 Å². The van der Waals surface area contributed by atoms with Crippen LogP contribution in [0.25, 0.3) is 16.6 Å². The van der Waals surface area contributed by atoms with Gasteiger partial charge in [-0.1, -0.05) is 30.3 Å². The van der Waals surface area contributed by atoms with Crippen LogP contribution in [0.3, 0.4) is 0 Å². The third-order valence-corrected chi connectivity index (χ3v) is 4.73. The van der Waals surface area contributed by atoms with Crippen LogP contribution in [-0.4, -0.2) is 25.9 Å². The number of aliphatic hydroxyl groups is 1. The van der Waals surface area contributed by atoms with Gasteiger partial charge in [0.05, 0.1) is 35.7 Å². The molecular weight excluding hydrogens is 385 g/mol. The molecule has 2 aromatic heterocycles. The molecular formula is C22H20FN5O2. The molecule has 7 nitrogen and oxygen atoms in total. The van der Waals surface area contributed by atoms with Gasteiger partial charge in [-0.2, -0.15) is 5.10 Å². The molecule has 0 fully saturated rings. The highest BCUT2D eigenvalue weighted by atomic mass is 19.1. The van der Waals surface area contributed by atoms with Crippen LogP contribution >= 0.6 is 0 Å². The number of nitrogens with one attached hydrogen (secondary N) is 2. The summed E-state index contributed by atoms with van der Waals surface area (Å²) in [5, 5.41) is 20.4. The Bertz CT molecular complexity index is 1180. The number of pyridine rings is 1. The lowest BCUT2D eigenvalue weighted by molar-refractivity contribution is 0.249. The fourth-order valence-electron chi connectivity index (χ4n) is 3.26. The van der Waals surface area contributed by atoms with Gasteiger partial charge in [-0.05, 0) is 42.8 Å². The first-order valence-electron chi connectivity index (χ1n) is 9.42. The minimum absolute atomic E-state index is 0.187. The van der Waals surface area contributed by atoms with Crippen molar-refractivity contribution in [3.63, 3.8) is 0 Å². The van der Waals surface area contributed by atoms with E-state index < -0.39 is 6.03 Å². The van der Waals surface area contributed by atoms with E-state index in [2.05, 4.69) is 20.7 Å². The number of carbonyl (C=O) groups is 1. The quantitative estimate of drug-likeness (QED) is 0.469. The molecule has 0 aliphatic heterocycles. The molecule has 2 heterocycles. The zero-order valence-electron chi connectivity index (χ0n) is 16.2. The lowest BCUT2D eigenvalue weighted by Gasteiger charge is -2.15. The highest BCUT2D eigenvalue weighted by molar-refractivity contribution is 5.92. The Balaban J connectivity index is 1.58. The number of aliphatic hydroxyl groups excluding tert-OH is 1. The summed E-state index contributed by atoms with van der Waals surface area (Å²) in [4.78, 5) is 16.8. The Morgan fingerprint density at radius 2 is 1.90 bits per heavy atom. The van der Waals surface area contributed by atoms with E-state index in [4.69, 9.17) is 0 Å². The van der Waals surface area contributed by atoms with Crippen LogP contribution in [0.15, 0.2) is 66.9 Å². The van der Waals surface area contributed by atoms with Crippen LogP contribution in [0.2, 0.25) is 0 Å². The van der Waals surface area contributed by atoms with Gasteiger partial charge in [0.15, 0.2) is 0 Å². The van der Waals surface area contributed by atoms with E-state index in [9.17, 15) is 14.3 Å². The van der Waals surface area contributed by atoms with Gasteiger partial charge in [-0.3, -0.25) is 5.32 Å². The van der Waals surface area contributed by atoms with Gasteiger partial charge in [0.1, 0.15) is 11.6 Å². The van der Waals surface area contributed by atoms with Gasteiger partial charge in [-0.15, -0.1) is 0 Å². The summed E-state index contributed by atoms with van der Waals surface area (Å²) < 4.78 is 14.8. The molecule has 0 saturated carbocycles. The average molecular weight is 405 g/mol. The predicted molar refractivity (Wildman–Crippen MR) is 112 cm³/mol. The fraction of sp³-hybridized carbons (Fsp3) is 0.136. The molecule has 152 valence electrons. The number of urea groups is 1. The summed E-state index contributed by atoms with van der Waals surface area (Å²) in [6.07, 6.45) is 1.61. The van der Waals surface area contributed by atoms with Gasteiger partial charge in [0, 0.05) is 5.39 Å². The lowest BCUT2D eigenvalue weighted by Crippen LogP contribution is -2.31. The van der Waals surface area contributed by atoms with Crippen LogP contribution in [0, 0.1) is 5.82 Å². The van der Waals surface area contributed by atoms with E-state index in [1.54, 1.807) is 29.1 Å². The number of nitrogens with zero attached hydrogens (tertiary/aromatic N) is 3. The molecule has 4 rings (SSSR count). The van der Waals surface area contributed by atoms with Crippen molar-refractivity contribution >= 4 is 22.8 Å². The Morgan fingerprint density at radius 3 is 2.60 bits per heavy atom. The molecule has 30 heavy (non-hydrogen) atoms. The third-order valence-electron chi connectivity index (χ3n) is 4.73. The second-order valence-electron chi connectivity index (χ2n) is 6.81. The molecule has 8 heteroatoms. The lowest BCUT2D eigenvalue weighted by atomic mass is 10.1. The molecule has 1 atom stereocenters. The number of rotatable bonds is 5. The number of amides is 2. The van der Waals surface area contributed by atoms with Gasteiger partial charge in [0.25, 0.3) is 0 Å². The van der Waals surface area contributed by atoms with Crippen LogP contribution in [0.5, 0.6) is 0 Å². The smallest absolute Gasteiger partial charge is 0.320 e. The van der Waals surface area contributed by atoms with Gasteiger partial charge < -0.3 is 10.4 Å². The molecule has 0 radical (unpaired) electrons. The molecule has 0 aliphatic rings. The number of aromatic nitrogens is 3. The van der Waals surface area contributed by atoms with Gasteiger partial charge >= 0.3 is 6.03 Å². The van der Waals surface area contributed by atoms with E-state index in [0.717, 1.165) is 5.56 Å². The normalized spacial score (nSPS) is 12.0. The van der Waals surface area contributed by atoms with Crippen molar-refractivity contribution in [3.05, 3.63) is 83.9 Å². The molecule has 0 saturated heterocycles. The summed E-state index contributed by atoms with van der Waals surface area (Å²) in [6, 6.07) is 16.5. The zero-order valence-corrected chi connectivity index (χ0v) is 16.2. The van der Waals surface area contributed by atoms with Crippen molar-refractivity contribution in [1.82, 2.24) is 20.1 Å². The number of hydrogen-bond donors (Lipinski definition) is 3.